The number of fused-ring (bicyclic) bond motifs is 1. The molecule has 3 nitrogen and oxygen atoms in total. The van der Waals surface area contributed by atoms with E-state index >= 15 is 0 Å². The third-order valence-corrected chi connectivity index (χ3v) is 3.80. The smallest absolute Gasteiger partial charge is 0.0727 e. The molecule has 0 aliphatic heterocycles. The third-order valence-electron chi connectivity index (χ3n) is 3.56. The highest BCUT2D eigenvalue weighted by Gasteiger charge is 2.06. The molecule has 0 unspecified atom stereocenters. The van der Waals surface area contributed by atoms with Crippen LogP contribution in [0.15, 0.2) is 48.5 Å². The molecule has 0 saturated carbocycles. The van der Waals surface area contributed by atoms with Gasteiger partial charge in [0, 0.05) is 47.3 Å². The second kappa shape index (κ2) is 7.07. The van der Waals surface area contributed by atoms with Gasteiger partial charge in [-0.05, 0) is 55.5 Å². The number of aryl methyl sites for hydroxylation is 1. The van der Waals surface area contributed by atoms with Crippen molar-refractivity contribution in [1.82, 2.24) is 4.98 Å². The standard InChI is InChI=1S/C18H18ClN3.ClH/c1-12-10-18(16-11-13(19)4-9-17(16)20-12)21-14-5-7-15(8-6-14)22(2)3;/h4-11H,1-3H3,(H,20,21);1H. The van der Waals surface area contributed by atoms with E-state index in [2.05, 4.69) is 39.5 Å². The molecule has 0 amide bonds. The summed E-state index contributed by atoms with van der Waals surface area (Å²) in [6.45, 7) is 1.99. The van der Waals surface area contributed by atoms with E-state index in [1.54, 1.807) is 0 Å². The van der Waals surface area contributed by atoms with Gasteiger partial charge in [0.15, 0.2) is 0 Å². The molecule has 1 heterocycles. The fourth-order valence-electron chi connectivity index (χ4n) is 2.43. The maximum absolute atomic E-state index is 6.13. The molecule has 120 valence electrons. The van der Waals surface area contributed by atoms with Gasteiger partial charge in [0.1, 0.15) is 0 Å². The molecule has 0 radical (unpaired) electrons. The molecule has 2 aromatic carbocycles. The van der Waals surface area contributed by atoms with Crippen LogP contribution in [0.5, 0.6) is 0 Å². The molecule has 0 spiro atoms. The van der Waals surface area contributed by atoms with E-state index in [-0.39, 0.29) is 12.4 Å². The van der Waals surface area contributed by atoms with E-state index < -0.39 is 0 Å². The van der Waals surface area contributed by atoms with Gasteiger partial charge in [0.05, 0.1) is 5.52 Å². The minimum absolute atomic E-state index is 0. The summed E-state index contributed by atoms with van der Waals surface area (Å²) in [4.78, 5) is 6.63. The summed E-state index contributed by atoms with van der Waals surface area (Å²) in [6, 6.07) is 16.1. The molecule has 0 aliphatic carbocycles. The van der Waals surface area contributed by atoms with Gasteiger partial charge in [-0.25, -0.2) is 0 Å². The Balaban J connectivity index is 0.00000192. The lowest BCUT2D eigenvalue weighted by Crippen LogP contribution is -2.08. The van der Waals surface area contributed by atoms with Crippen LogP contribution in [0, 0.1) is 6.92 Å². The first kappa shape index (κ1) is 17.4. The number of benzene rings is 2. The van der Waals surface area contributed by atoms with Crippen molar-refractivity contribution in [3.63, 3.8) is 0 Å². The van der Waals surface area contributed by atoms with Gasteiger partial charge in [0.2, 0.25) is 0 Å². The van der Waals surface area contributed by atoms with Crippen molar-refractivity contribution < 1.29 is 0 Å². The van der Waals surface area contributed by atoms with Crippen LogP contribution in [-0.2, 0) is 0 Å². The van der Waals surface area contributed by atoms with Crippen LogP contribution in [0.25, 0.3) is 10.9 Å². The highest BCUT2D eigenvalue weighted by Crippen LogP contribution is 2.29. The topological polar surface area (TPSA) is 28.2 Å². The van der Waals surface area contributed by atoms with Crippen LogP contribution in [0.2, 0.25) is 5.02 Å². The Morgan fingerprint density at radius 2 is 1.70 bits per heavy atom. The van der Waals surface area contributed by atoms with E-state index in [1.807, 2.05) is 45.3 Å². The number of hydrogen-bond donors (Lipinski definition) is 1. The Bertz CT molecular complexity index is 814. The van der Waals surface area contributed by atoms with Crippen LogP contribution < -0.4 is 10.2 Å². The highest BCUT2D eigenvalue weighted by molar-refractivity contribution is 6.31. The Hall–Kier alpha value is -1.97. The lowest BCUT2D eigenvalue weighted by Gasteiger charge is -2.14. The fourth-order valence-corrected chi connectivity index (χ4v) is 2.60. The maximum atomic E-state index is 6.13. The van der Waals surface area contributed by atoms with E-state index in [0.29, 0.717) is 5.02 Å². The Kier molecular flexibility index (Phi) is 5.34. The summed E-state index contributed by atoms with van der Waals surface area (Å²) in [5.41, 5.74) is 5.14. The summed E-state index contributed by atoms with van der Waals surface area (Å²) in [5.74, 6) is 0. The molecule has 3 aromatic rings. The molecule has 0 fully saturated rings. The summed E-state index contributed by atoms with van der Waals surface area (Å²) in [7, 11) is 4.06. The van der Waals surface area contributed by atoms with Crippen LogP contribution >= 0.6 is 24.0 Å². The van der Waals surface area contributed by atoms with Gasteiger partial charge in [-0.15, -0.1) is 12.4 Å². The first-order valence-corrected chi connectivity index (χ1v) is 7.52. The number of hydrogen-bond acceptors (Lipinski definition) is 3. The van der Waals surface area contributed by atoms with Crippen molar-refractivity contribution in [3.05, 3.63) is 59.2 Å². The molecule has 0 saturated heterocycles. The molecule has 23 heavy (non-hydrogen) atoms. The first-order chi connectivity index (χ1) is 10.5. The van der Waals surface area contributed by atoms with Gasteiger partial charge in [0.25, 0.3) is 0 Å². The molecule has 0 aliphatic rings. The maximum Gasteiger partial charge on any atom is 0.0727 e. The number of nitrogens with one attached hydrogen (secondary N) is 1. The molecule has 1 N–H and O–H groups in total. The molecular formula is C18H19Cl2N3. The number of halogens is 2. The minimum atomic E-state index is 0. The van der Waals surface area contributed by atoms with E-state index in [0.717, 1.165) is 28.0 Å². The van der Waals surface area contributed by atoms with Crippen molar-refractivity contribution in [2.75, 3.05) is 24.3 Å². The van der Waals surface area contributed by atoms with Gasteiger partial charge in [-0.1, -0.05) is 11.6 Å². The predicted molar refractivity (Wildman–Crippen MR) is 103 cm³/mol. The second-order valence-electron chi connectivity index (χ2n) is 5.54. The third kappa shape index (κ3) is 3.87. The number of nitrogens with zero attached hydrogens (tertiary/aromatic N) is 2. The average molecular weight is 348 g/mol. The van der Waals surface area contributed by atoms with Crippen LogP contribution in [-0.4, -0.2) is 19.1 Å². The van der Waals surface area contributed by atoms with Crippen LogP contribution in [0.4, 0.5) is 17.1 Å². The minimum Gasteiger partial charge on any atom is -0.378 e. The predicted octanol–water partition coefficient (Wildman–Crippen LogP) is 5.43. The van der Waals surface area contributed by atoms with E-state index in [4.69, 9.17) is 11.6 Å². The summed E-state index contributed by atoms with van der Waals surface area (Å²) < 4.78 is 0. The van der Waals surface area contributed by atoms with Crippen molar-refractivity contribution in [3.8, 4) is 0 Å². The second-order valence-corrected chi connectivity index (χ2v) is 5.98. The summed E-state index contributed by atoms with van der Waals surface area (Å²) in [6.07, 6.45) is 0. The number of aromatic nitrogens is 1. The first-order valence-electron chi connectivity index (χ1n) is 7.14. The van der Waals surface area contributed by atoms with Gasteiger partial charge >= 0.3 is 0 Å². The monoisotopic (exact) mass is 347 g/mol. The summed E-state index contributed by atoms with van der Waals surface area (Å²) >= 11 is 6.13. The normalized spacial score (nSPS) is 10.3. The zero-order valence-electron chi connectivity index (χ0n) is 13.3. The van der Waals surface area contributed by atoms with Crippen LogP contribution in [0.1, 0.15) is 5.69 Å². The Morgan fingerprint density at radius 3 is 2.35 bits per heavy atom. The quantitative estimate of drug-likeness (QED) is 0.684. The zero-order chi connectivity index (χ0) is 15.7. The molecule has 0 bridgehead atoms. The number of anilines is 3. The summed E-state index contributed by atoms with van der Waals surface area (Å²) in [5, 5.41) is 5.20. The van der Waals surface area contributed by atoms with Gasteiger partial charge in [-0.3, -0.25) is 4.98 Å². The lowest BCUT2D eigenvalue weighted by molar-refractivity contribution is 1.13. The van der Waals surface area contributed by atoms with Crippen LogP contribution in [0.3, 0.4) is 0 Å². The Labute approximate surface area is 147 Å². The van der Waals surface area contributed by atoms with Crippen molar-refractivity contribution in [1.29, 1.82) is 0 Å². The molecule has 1 aromatic heterocycles. The lowest BCUT2D eigenvalue weighted by atomic mass is 10.1. The molecule has 0 atom stereocenters. The Morgan fingerprint density at radius 1 is 1.00 bits per heavy atom. The van der Waals surface area contributed by atoms with E-state index in [9.17, 15) is 0 Å². The SMILES string of the molecule is Cc1cc(Nc2ccc(N(C)C)cc2)c2cc(Cl)ccc2n1.Cl. The fraction of sp³-hybridized carbons (Fsp3) is 0.167. The van der Waals surface area contributed by atoms with Gasteiger partial charge in [-0.2, -0.15) is 0 Å². The molecule has 5 heteroatoms. The highest BCUT2D eigenvalue weighted by atomic mass is 35.5. The van der Waals surface area contributed by atoms with Crippen molar-refractivity contribution >= 4 is 52.0 Å². The average Bonchev–Trinajstić information content (AvgIpc) is 2.48. The van der Waals surface area contributed by atoms with E-state index in [1.165, 1.54) is 5.69 Å². The van der Waals surface area contributed by atoms with Crippen molar-refractivity contribution in [2.24, 2.45) is 0 Å². The number of pyridine rings is 1. The zero-order valence-corrected chi connectivity index (χ0v) is 14.9. The van der Waals surface area contributed by atoms with Gasteiger partial charge < -0.3 is 10.2 Å². The van der Waals surface area contributed by atoms with Crippen molar-refractivity contribution in [2.45, 2.75) is 6.92 Å². The number of rotatable bonds is 3. The molecular weight excluding hydrogens is 329 g/mol. The molecule has 3 rings (SSSR count). The largest absolute Gasteiger partial charge is 0.378 e.